The zero-order valence-electron chi connectivity index (χ0n) is 9.79. The Kier molecular flexibility index (Phi) is 3.46. The first-order valence-corrected chi connectivity index (χ1v) is 5.38. The summed E-state index contributed by atoms with van der Waals surface area (Å²) in [5.41, 5.74) is 5.90. The average Bonchev–Trinajstić information content (AvgIpc) is 2.85. The molecule has 2 aromatic rings. The number of hydrogen-bond acceptors (Lipinski definition) is 5. The molecule has 98 valence electrons. The number of anilines is 1. The van der Waals surface area contributed by atoms with Crippen molar-refractivity contribution in [1.29, 1.82) is 0 Å². The molecule has 0 bridgehead atoms. The molecule has 7 heteroatoms. The fraction of sp³-hybridized carbons (Fsp3) is 0.0833. The number of carbonyl (C=O) groups is 2. The van der Waals surface area contributed by atoms with Crippen LogP contribution >= 0.6 is 0 Å². The molecular weight excluding hydrogens is 250 g/mol. The molecule has 0 aliphatic heterocycles. The highest BCUT2D eigenvalue weighted by molar-refractivity contribution is 5.91. The lowest BCUT2D eigenvalue weighted by Crippen LogP contribution is -2.13. The molecule has 0 atom stereocenters. The molecule has 0 saturated heterocycles. The molecule has 0 spiro atoms. The van der Waals surface area contributed by atoms with E-state index in [0.29, 0.717) is 11.4 Å². The minimum Gasteiger partial charge on any atom is -0.475 e. The van der Waals surface area contributed by atoms with Crippen LogP contribution in [0.3, 0.4) is 0 Å². The molecule has 0 aromatic carbocycles. The summed E-state index contributed by atoms with van der Waals surface area (Å²) in [7, 11) is 0. The van der Waals surface area contributed by atoms with Crippen molar-refractivity contribution in [1.82, 2.24) is 4.98 Å². The van der Waals surface area contributed by atoms with Gasteiger partial charge in [-0.2, -0.15) is 0 Å². The minimum absolute atomic E-state index is 0.121. The average molecular weight is 261 g/mol. The fourth-order valence-corrected chi connectivity index (χ4v) is 1.45. The van der Waals surface area contributed by atoms with Gasteiger partial charge in [-0.3, -0.25) is 9.78 Å². The van der Waals surface area contributed by atoms with E-state index in [1.165, 1.54) is 18.3 Å². The summed E-state index contributed by atoms with van der Waals surface area (Å²) in [4.78, 5) is 25.4. The summed E-state index contributed by atoms with van der Waals surface area (Å²) in [5, 5.41) is 11.7. The van der Waals surface area contributed by atoms with Crippen molar-refractivity contribution in [3.63, 3.8) is 0 Å². The molecule has 0 fully saturated rings. The van der Waals surface area contributed by atoms with E-state index >= 15 is 0 Å². The third kappa shape index (κ3) is 3.09. The second-order valence-corrected chi connectivity index (χ2v) is 3.72. The first kappa shape index (κ1) is 12.6. The van der Waals surface area contributed by atoms with Gasteiger partial charge >= 0.3 is 5.97 Å². The zero-order chi connectivity index (χ0) is 13.8. The number of furan rings is 1. The molecule has 19 heavy (non-hydrogen) atoms. The van der Waals surface area contributed by atoms with Crippen LogP contribution in [0.15, 0.2) is 34.9 Å². The number of nitrogens with one attached hydrogen (secondary N) is 1. The molecule has 4 N–H and O–H groups in total. The van der Waals surface area contributed by atoms with Crippen LogP contribution in [0.5, 0.6) is 0 Å². The van der Waals surface area contributed by atoms with E-state index < -0.39 is 11.9 Å². The quantitative estimate of drug-likeness (QED) is 0.741. The second kappa shape index (κ2) is 5.21. The van der Waals surface area contributed by atoms with Crippen molar-refractivity contribution in [3.05, 3.63) is 47.7 Å². The summed E-state index contributed by atoms with van der Waals surface area (Å²) < 4.78 is 5.08. The van der Waals surface area contributed by atoms with Gasteiger partial charge in [-0.25, -0.2) is 4.79 Å². The van der Waals surface area contributed by atoms with E-state index in [1.807, 2.05) is 0 Å². The lowest BCUT2D eigenvalue weighted by Gasteiger charge is -2.04. The van der Waals surface area contributed by atoms with Crippen LogP contribution < -0.4 is 11.1 Å². The van der Waals surface area contributed by atoms with Crippen LogP contribution in [0.4, 0.5) is 5.69 Å². The van der Waals surface area contributed by atoms with Gasteiger partial charge in [0.15, 0.2) is 0 Å². The summed E-state index contributed by atoms with van der Waals surface area (Å²) >= 11 is 0. The number of aromatic carboxylic acids is 1. The van der Waals surface area contributed by atoms with Gasteiger partial charge in [-0.1, -0.05) is 0 Å². The Morgan fingerprint density at radius 2 is 2.16 bits per heavy atom. The number of aromatic nitrogens is 1. The summed E-state index contributed by atoms with van der Waals surface area (Å²) in [6.07, 6.45) is 1.45. The van der Waals surface area contributed by atoms with Gasteiger partial charge in [0.05, 0.1) is 6.54 Å². The summed E-state index contributed by atoms with van der Waals surface area (Å²) in [6.45, 7) is 0.287. The number of carbonyl (C=O) groups excluding carboxylic acids is 1. The maximum absolute atomic E-state index is 11.0. The van der Waals surface area contributed by atoms with Crippen LogP contribution in [-0.4, -0.2) is 22.0 Å². The van der Waals surface area contributed by atoms with Gasteiger partial charge in [-0.05, 0) is 24.3 Å². The molecule has 0 aliphatic rings. The monoisotopic (exact) mass is 261 g/mol. The van der Waals surface area contributed by atoms with E-state index in [4.69, 9.17) is 15.3 Å². The predicted molar refractivity (Wildman–Crippen MR) is 65.7 cm³/mol. The Hall–Kier alpha value is -2.83. The highest BCUT2D eigenvalue weighted by atomic mass is 16.4. The zero-order valence-corrected chi connectivity index (χ0v) is 9.79. The largest absolute Gasteiger partial charge is 0.475 e. The number of carboxylic acid groups (broad SMARTS) is 1. The summed E-state index contributed by atoms with van der Waals surface area (Å²) in [6, 6.07) is 6.10. The first-order valence-electron chi connectivity index (χ1n) is 5.38. The Morgan fingerprint density at radius 3 is 2.79 bits per heavy atom. The molecule has 2 heterocycles. The molecule has 0 unspecified atom stereocenters. The van der Waals surface area contributed by atoms with Crippen molar-refractivity contribution >= 4 is 17.6 Å². The number of hydrogen-bond donors (Lipinski definition) is 3. The maximum atomic E-state index is 11.0. The number of carboxylic acids is 1. The Bertz CT molecular complexity index is 621. The predicted octanol–water partition coefficient (Wildman–Crippen LogP) is 1.08. The minimum atomic E-state index is -1.12. The number of primary amides is 1. The van der Waals surface area contributed by atoms with Crippen LogP contribution in [0.2, 0.25) is 0 Å². The second-order valence-electron chi connectivity index (χ2n) is 3.72. The van der Waals surface area contributed by atoms with Crippen molar-refractivity contribution < 1.29 is 19.1 Å². The van der Waals surface area contributed by atoms with E-state index in [0.717, 1.165) is 0 Å². The molecule has 0 aliphatic carbocycles. The van der Waals surface area contributed by atoms with Crippen molar-refractivity contribution in [2.45, 2.75) is 6.54 Å². The SMILES string of the molecule is NC(=O)c1cc(NCc2ccc(C(=O)O)o2)ccn1. The highest BCUT2D eigenvalue weighted by Gasteiger charge is 2.09. The van der Waals surface area contributed by atoms with Crippen LogP contribution in [0.25, 0.3) is 0 Å². The van der Waals surface area contributed by atoms with E-state index in [-0.39, 0.29) is 18.0 Å². The van der Waals surface area contributed by atoms with Gasteiger partial charge in [-0.15, -0.1) is 0 Å². The van der Waals surface area contributed by atoms with Gasteiger partial charge < -0.3 is 20.6 Å². The normalized spacial score (nSPS) is 10.1. The maximum Gasteiger partial charge on any atom is 0.371 e. The number of rotatable bonds is 5. The van der Waals surface area contributed by atoms with Gasteiger partial charge in [0.25, 0.3) is 5.91 Å². The smallest absolute Gasteiger partial charge is 0.371 e. The lowest BCUT2D eigenvalue weighted by atomic mass is 10.3. The van der Waals surface area contributed by atoms with E-state index in [2.05, 4.69) is 10.3 Å². The van der Waals surface area contributed by atoms with Crippen molar-refractivity contribution in [3.8, 4) is 0 Å². The van der Waals surface area contributed by atoms with Crippen LogP contribution in [0.1, 0.15) is 26.8 Å². The summed E-state index contributed by atoms with van der Waals surface area (Å²) in [5.74, 6) is -1.39. The lowest BCUT2D eigenvalue weighted by molar-refractivity contribution is 0.0660. The van der Waals surface area contributed by atoms with E-state index in [1.54, 1.807) is 12.1 Å². The number of nitrogens with two attached hydrogens (primary N) is 1. The standard InChI is InChI=1S/C12H11N3O4/c13-11(16)9-5-7(3-4-14-9)15-6-8-1-2-10(19-8)12(17)18/h1-5H,6H2,(H2,13,16)(H,14,15)(H,17,18). The number of nitrogens with zero attached hydrogens (tertiary/aromatic N) is 1. The van der Waals surface area contributed by atoms with Crippen molar-refractivity contribution in [2.24, 2.45) is 5.73 Å². The molecule has 0 radical (unpaired) electrons. The third-order valence-corrected chi connectivity index (χ3v) is 2.35. The molecule has 1 amide bonds. The third-order valence-electron chi connectivity index (χ3n) is 2.35. The van der Waals surface area contributed by atoms with Crippen LogP contribution in [-0.2, 0) is 6.54 Å². The molecule has 0 saturated carbocycles. The van der Waals surface area contributed by atoms with Gasteiger partial charge in [0.1, 0.15) is 11.5 Å². The molecule has 2 aromatic heterocycles. The Labute approximate surface area is 108 Å². The van der Waals surface area contributed by atoms with Gasteiger partial charge in [0.2, 0.25) is 5.76 Å². The Balaban J connectivity index is 2.03. The van der Waals surface area contributed by atoms with Gasteiger partial charge in [0, 0.05) is 11.9 Å². The molecule has 7 nitrogen and oxygen atoms in total. The molecule has 2 rings (SSSR count). The number of pyridine rings is 1. The van der Waals surface area contributed by atoms with Crippen LogP contribution in [0, 0.1) is 0 Å². The highest BCUT2D eigenvalue weighted by Crippen LogP contribution is 2.12. The topological polar surface area (TPSA) is 118 Å². The fourth-order valence-electron chi connectivity index (χ4n) is 1.45. The Morgan fingerprint density at radius 1 is 1.37 bits per heavy atom. The number of amides is 1. The van der Waals surface area contributed by atoms with Crippen molar-refractivity contribution in [2.75, 3.05) is 5.32 Å². The first-order chi connectivity index (χ1) is 9.06. The molecular formula is C12H11N3O4. The van der Waals surface area contributed by atoms with E-state index in [9.17, 15) is 9.59 Å².